The van der Waals surface area contributed by atoms with Gasteiger partial charge >= 0.3 is 0 Å². The van der Waals surface area contributed by atoms with Crippen LogP contribution in [-0.4, -0.2) is 12.6 Å². The van der Waals surface area contributed by atoms with Gasteiger partial charge in [0.2, 0.25) is 0 Å². The lowest BCUT2D eigenvalue weighted by atomic mass is 10.1. The summed E-state index contributed by atoms with van der Waals surface area (Å²) < 4.78 is 0. The largest absolute Gasteiger partial charge is 0.303 e. The number of hydrogen-bond acceptors (Lipinski definition) is 2. The van der Waals surface area contributed by atoms with E-state index >= 15 is 0 Å². The van der Waals surface area contributed by atoms with E-state index in [2.05, 4.69) is 0 Å². The Bertz CT molecular complexity index is 266. The van der Waals surface area contributed by atoms with E-state index in [0.717, 1.165) is 25.4 Å². The third-order valence-corrected chi connectivity index (χ3v) is 2.19. The third-order valence-electron chi connectivity index (χ3n) is 2.19. The molecule has 0 bridgehead atoms. The highest BCUT2D eigenvalue weighted by molar-refractivity contribution is 5.50. The number of hydrogen-bond donors (Lipinski definition) is 0. The van der Waals surface area contributed by atoms with E-state index in [1.165, 1.54) is 11.1 Å². The molecule has 0 N–H and O–H groups in total. The minimum Gasteiger partial charge on any atom is -0.303 e. The van der Waals surface area contributed by atoms with Crippen molar-refractivity contribution in [2.24, 2.45) is 0 Å². The first-order valence-electron chi connectivity index (χ1n) is 5.57. The summed E-state index contributed by atoms with van der Waals surface area (Å²) in [6, 6.07) is 0. The van der Waals surface area contributed by atoms with Crippen molar-refractivity contribution in [1.82, 2.24) is 0 Å². The first kappa shape index (κ1) is 14.6. The minimum atomic E-state index is 0.588. The van der Waals surface area contributed by atoms with Crippen LogP contribution in [0.25, 0.3) is 0 Å². The molecule has 0 amide bonds. The number of rotatable bonds is 8. The molecule has 0 aliphatic heterocycles. The lowest BCUT2D eigenvalue weighted by Crippen LogP contribution is -1.79. The summed E-state index contributed by atoms with van der Waals surface area (Å²) >= 11 is 0. The van der Waals surface area contributed by atoms with Gasteiger partial charge in [0.25, 0.3) is 0 Å². The van der Waals surface area contributed by atoms with Crippen molar-refractivity contribution in [3.8, 4) is 0 Å². The number of aldehydes is 2. The average molecular weight is 220 g/mol. The molecule has 0 aromatic carbocycles. The Kier molecular flexibility index (Phi) is 9.18. The molecule has 0 aromatic rings. The molecule has 0 radical (unpaired) electrons. The van der Waals surface area contributed by atoms with E-state index in [9.17, 15) is 9.59 Å². The molecule has 16 heavy (non-hydrogen) atoms. The molecule has 0 heterocycles. The van der Waals surface area contributed by atoms with Crippen LogP contribution in [0.1, 0.15) is 39.5 Å². The Labute approximate surface area is 97.7 Å². The van der Waals surface area contributed by atoms with Crippen LogP contribution < -0.4 is 0 Å². The predicted octanol–water partition coefficient (Wildman–Crippen LogP) is 3.39. The first-order valence-corrected chi connectivity index (χ1v) is 5.57. The van der Waals surface area contributed by atoms with Crippen LogP contribution in [0.2, 0.25) is 0 Å². The van der Waals surface area contributed by atoms with E-state index in [0.29, 0.717) is 12.8 Å². The normalized spacial score (nSPS) is 13.1. The fourth-order valence-corrected chi connectivity index (χ4v) is 1.18. The number of carbonyl (C=O) groups is 2. The molecule has 0 aromatic heterocycles. The molecule has 0 atom stereocenters. The van der Waals surface area contributed by atoms with Gasteiger partial charge in [0.05, 0.1) is 0 Å². The Morgan fingerprint density at radius 2 is 1.19 bits per heavy atom. The highest BCUT2D eigenvalue weighted by atomic mass is 16.1. The maximum absolute atomic E-state index is 10.1. The van der Waals surface area contributed by atoms with Gasteiger partial charge in [-0.3, -0.25) is 0 Å². The van der Waals surface area contributed by atoms with Crippen molar-refractivity contribution in [3.05, 3.63) is 35.5 Å². The smallest absolute Gasteiger partial charge is 0.120 e. The van der Waals surface area contributed by atoms with Crippen LogP contribution >= 0.6 is 0 Å². The summed E-state index contributed by atoms with van der Waals surface area (Å²) in [6.07, 6.45) is 12.6. The fourth-order valence-electron chi connectivity index (χ4n) is 1.18. The van der Waals surface area contributed by atoms with Crippen molar-refractivity contribution < 1.29 is 9.59 Å². The van der Waals surface area contributed by atoms with E-state index in [1.54, 1.807) is 0 Å². The monoisotopic (exact) mass is 220 g/mol. The summed E-state index contributed by atoms with van der Waals surface area (Å²) in [5, 5.41) is 0. The van der Waals surface area contributed by atoms with Crippen LogP contribution in [0.4, 0.5) is 0 Å². The van der Waals surface area contributed by atoms with Crippen LogP contribution in [0.3, 0.4) is 0 Å². The minimum absolute atomic E-state index is 0.588. The maximum atomic E-state index is 10.1. The van der Waals surface area contributed by atoms with Gasteiger partial charge in [-0.2, -0.15) is 0 Å². The predicted molar refractivity (Wildman–Crippen MR) is 67.3 cm³/mol. The molecular weight excluding hydrogens is 200 g/mol. The highest BCUT2D eigenvalue weighted by Gasteiger charge is 1.87. The van der Waals surface area contributed by atoms with E-state index in [4.69, 9.17) is 0 Å². The van der Waals surface area contributed by atoms with Gasteiger partial charge in [-0.25, -0.2) is 0 Å². The van der Waals surface area contributed by atoms with Gasteiger partial charge < -0.3 is 9.59 Å². The zero-order valence-electron chi connectivity index (χ0n) is 10.1. The molecule has 0 fully saturated rings. The number of allylic oxidation sites excluding steroid dienone is 6. The van der Waals surface area contributed by atoms with Crippen LogP contribution in [0, 0.1) is 0 Å². The Hall–Kier alpha value is -1.44. The van der Waals surface area contributed by atoms with Crippen LogP contribution in [-0.2, 0) is 9.59 Å². The van der Waals surface area contributed by atoms with Crippen molar-refractivity contribution >= 4 is 12.6 Å². The Balaban J connectivity index is 3.98. The maximum Gasteiger partial charge on any atom is 0.120 e. The highest BCUT2D eigenvalue weighted by Crippen LogP contribution is 2.04. The second kappa shape index (κ2) is 10.1. The fraction of sp³-hybridized carbons (Fsp3) is 0.429. The molecule has 0 aliphatic rings. The second-order valence-corrected chi connectivity index (χ2v) is 3.82. The first-order chi connectivity index (χ1) is 7.70. The topological polar surface area (TPSA) is 34.1 Å². The van der Waals surface area contributed by atoms with Crippen molar-refractivity contribution in [3.63, 3.8) is 0 Å². The number of carbonyl (C=O) groups excluding carboxylic acids is 2. The van der Waals surface area contributed by atoms with Crippen LogP contribution in [0.5, 0.6) is 0 Å². The summed E-state index contributed by atoms with van der Waals surface area (Å²) in [7, 11) is 0. The summed E-state index contributed by atoms with van der Waals surface area (Å²) in [4.78, 5) is 20.3. The summed E-state index contributed by atoms with van der Waals surface area (Å²) in [5.74, 6) is 0. The lowest BCUT2D eigenvalue weighted by Gasteiger charge is -1.94. The molecular formula is C14H20O2. The van der Waals surface area contributed by atoms with Crippen LogP contribution in [0.15, 0.2) is 35.5 Å². The molecule has 0 saturated heterocycles. The SMILES string of the molecule is C\C(=C/C=C/C=C(\C)CCC=O)CCC=O. The van der Waals surface area contributed by atoms with Crippen molar-refractivity contribution in [1.29, 1.82) is 0 Å². The van der Waals surface area contributed by atoms with Gasteiger partial charge in [0.15, 0.2) is 0 Å². The van der Waals surface area contributed by atoms with Gasteiger partial charge in [-0.05, 0) is 26.7 Å². The van der Waals surface area contributed by atoms with E-state index < -0.39 is 0 Å². The average Bonchev–Trinajstić information content (AvgIpc) is 2.29. The van der Waals surface area contributed by atoms with Crippen molar-refractivity contribution in [2.75, 3.05) is 0 Å². The molecule has 0 saturated carbocycles. The Morgan fingerprint density at radius 3 is 1.50 bits per heavy atom. The summed E-state index contributed by atoms with van der Waals surface area (Å²) in [6.45, 7) is 4.02. The lowest BCUT2D eigenvalue weighted by molar-refractivity contribution is -0.108. The zero-order valence-corrected chi connectivity index (χ0v) is 10.1. The van der Waals surface area contributed by atoms with Gasteiger partial charge in [-0.1, -0.05) is 35.5 Å². The zero-order chi connectivity index (χ0) is 12.2. The van der Waals surface area contributed by atoms with Gasteiger partial charge in [0.1, 0.15) is 12.6 Å². The van der Waals surface area contributed by atoms with Crippen molar-refractivity contribution in [2.45, 2.75) is 39.5 Å². The molecule has 88 valence electrons. The molecule has 0 rings (SSSR count). The van der Waals surface area contributed by atoms with E-state index in [1.807, 2.05) is 38.2 Å². The molecule has 2 heteroatoms. The van der Waals surface area contributed by atoms with Gasteiger partial charge in [-0.15, -0.1) is 0 Å². The quantitative estimate of drug-likeness (QED) is 0.464. The summed E-state index contributed by atoms with van der Waals surface area (Å²) in [5.41, 5.74) is 2.39. The second-order valence-electron chi connectivity index (χ2n) is 3.82. The van der Waals surface area contributed by atoms with E-state index in [-0.39, 0.29) is 0 Å². The van der Waals surface area contributed by atoms with Gasteiger partial charge in [0, 0.05) is 12.8 Å². The Morgan fingerprint density at radius 1 is 0.812 bits per heavy atom. The molecule has 2 nitrogen and oxygen atoms in total. The molecule has 0 spiro atoms. The molecule has 0 aliphatic carbocycles. The standard InChI is InChI=1S/C14H20O2/c1-13(9-5-11-15)7-3-4-8-14(2)10-6-12-16/h3-4,7-8,11-12H,5-6,9-10H2,1-2H3/b4-3+,13-7+,14-8+. The molecule has 0 unspecified atom stereocenters. The third kappa shape index (κ3) is 9.13.